The van der Waals surface area contributed by atoms with E-state index in [1.165, 1.54) is 23.9 Å². The van der Waals surface area contributed by atoms with Crippen molar-refractivity contribution in [1.29, 1.82) is 0 Å². The van der Waals surface area contributed by atoms with E-state index in [-0.39, 0.29) is 16.6 Å². The summed E-state index contributed by atoms with van der Waals surface area (Å²) >= 11 is 1.34. The third kappa shape index (κ3) is 5.18. The lowest BCUT2D eigenvalue weighted by molar-refractivity contribution is -0.118. The molecule has 0 saturated heterocycles. The minimum Gasteiger partial charge on any atom is -0.351 e. The van der Waals surface area contributed by atoms with Crippen LogP contribution in [-0.2, 0) is 27.9 Å². The zero-order valence-corrected chi connectivity index (χ0v) is 16.3. The first-order chi connectivity index (χ1) is 12.9. The molecule has 0 bridgehead atoms. The number of carbonyl (C=O) groups excluding carboxylic acids is 1. The fourth-order valence-corrected chi connectivity index (χ4v) is 3.83. The molecular weight excluding hydrogens is 386 g/mol. The van der Waals surface area contributed by atoms with Crippen LogP contribution in [0.4, 0.5) is 0 Å². The van der Waals surface area contributed by atoms with Gasteiger partial charge in [0.05, 0.1) is 10.6 Å². The molecule has 144 valence electrons. The molecule has 3 N–H and O–H groups in total. The Balaban J connectivity index is 1.52. The van der Waals surface area contributed by atoms with Crippen LogP contribution in [0.3, 0.4) is 0 Å². The molecule has 1 fully saturated rings. The maximum atomic E-state index is 12.1. The summed E-state index contributed by atoms with van der Waals surface area (Å²) in [5.41, 5.74) is 0.784. The van der Waals surface area contributed by atoms with Gasteiger partial charge in [0.1, 0.15) is 5.82 Å². The number of allylic oxidation sites excluding steroid dienone is 1. The Bertz CT molecular complexity index is 934. The smallest absolute Gasteiger partial charge is 0.238 e. The summed E-state index contributed by atoms with van der Waals surface area (Å²) in [5, 5.41) is 17.0. The Morgan fingerprint density at radius 1 is 1.33 bits per heavy atom. The first-order valence-electron chi connectivity index (χ1n) is 8.43. The maximum absolute atomic E-state index is 12.1. The molecule has 1 aliphatic carbocycles. The van der Waals surface area contributed by atoms with Crippen molar-refractivity contribution in [2.75, 3.05) is 5.75 Å². The van der Waals surface area contributed by atoms with E-state index < -0.39 is 10.0 Å². The third-order valence-corrected chi connectivity index (χ3v) is 5.97. The summed E-state index contributed by atoms with van der Waals surface area (Å²) in [6.45, 7) is 4.69. The lowest BCUT2D eigenvalue weighted by Gasteiger charge is -2.08. The van der Waals surface area contributed by atoms with Crippen LogP contribution in [0.5, 0.6) is 0 Å². The minimum absolute atomic E-state index is 0.0427. The van der Waals surface area contributed by atoms with Gasteiger partial charge in [-0.25, -0.2) is 13.6 Å². The molecule has 27 heavy (non-hydrogen) atoms. The first-order valence-corrected chi connectivity index (χ1v) is 11.0. The lowest BCUT2D eigenvalue weighted by Crippen LogP contribution is -2.24. The van der Waals surface area contributed by atoms with Crippen LogP contribution in [0.25, 0.3) is 0 Å². The van der Waals surface area contributed by atoms with Gasteiger partial charge in [-0.3, -0.25) is 4.79 Å². The van der Waals surface area contributed by atoms with Crippen molar-refractivity contribution in [1.82, 2.24) is 20.1 Å². The Kier molecular flexibility index (Phi) is 5.98. The van der Waals surface area contributed by atoms with Crippen LogP contribution in [0.15, 0.2) is 47.0 Å². The van der Waals surface area contributed by atoms with Crippen LogP contribution in [0, 0.1) is 0 Å². The molecule has 1 amide bonds. The van der Waals surface area contributed by atoms with Crippen LogP contribution < -0.4 is 10.5 Å². The van der Waals surface area contributed by atoms with Crippen molar-refractivity contribution in [3.63, 3.8) is 0 Å². The topological polar surface area (TPSA) is 120 Å². The predicted molar refractivity (Wildman–Crippen MR) is 103 cm³/mol. The first kappa shape index (κ1) is 19.6. The Morgan fingerprint density at radius 2 is 2.04 bits per heavy atom. The molecule has 1 aromatic carbocycles. The highest BCUT2D eigenvalue weighted by Crippen LogP contribution is 2.40. The number of aromatic nitrogens is 3. The number of amides is 1. The normalized spacial score (nSPS) is 14.1. The molecule has 1 saturated carbocycles. The van der Waals surface area contributed by atoms with Gasteiger partial charge in [0.2, 0.25) is 15.9 Å². The third-order valence-electron chi connectivity index (χ3n) is 4.07. The van der Waals surface area contributed by atoms with Crippen molar-refractivity contribution in [3.8, 4) is 0 Å². The second-order valence-electron chi connectivity index (χ2n) is 6.27. The maximum Gasteiger partial charge on any atom is 0.238 e. The number of hydrogen-bond acceptors (Lipinski definition) is 6. The van der Waals surface area contributed by atoms with Crippen LogP contribution in [0.2, 0.25) is 0 Å². The average molecular weight is 408 g/mol. The summed E-state index contributed by atoms with van der Waals surface area (Å²) in [6, 6.07) is 6.08. The highest BCUT2D eigenvalue weighted by Gasteiger charge is 2.30. The predicted octanol–water partition coefficient (Wildman–Crippen LogP) is 1.40. The monoisotopic (exact) mass is 407 g/mol. The molecule has 0 aliphatic heterocycles. The van der Waals surface area contributed by atoms with Crippen LogP contribution in [0.1, 0.15) is 30.1 Å². The second-order valence-corrected chi connectivity index (χ2v) is 8.77. The molecule has 0 atom stereocenters. The van der Waals surface area contributed by atoms with Gasteiger partial charge in [0, 0.05) is 19.0 Å². The molecule has 8 nitrogen and oxygen atoms in total. The van der Waals surface area contributed by atoms with E-state index in [0.717, 1.165) is 24.2 Å². The number of rotatable bonds is 9. The SMILES string of the molecule is C=CCn1c(SCC(=O)NCc2ccc(S(N)(=O)=O)cc2)nnc1C1CC1. The van der Waals surface area contributed by atoms with E-state index in [4.69, 9.17) is 5.14 Å². The largest absolute Gasteiger partial charge is 0.351 e. The van der Waals surface area contributed by atoms with Gasteiger partial charge in [0.15, 0.2) is 5.16 Å². The number of thioether (sulfide) groups is 1. The van der Waals surface area contributed by atoms with Gasteiger partial charge < -0.3 is 9.88 Å². The van der Waals surface area contributed by atoms with E-state index in [0.29, 0.717) is 24.2 Å². The van der Waals surface area contributed by atoms with Gasteiger partial charge >= 0.3 is 0 Å². The number of nitrogens with zero attached hydrogens (tertiary/aromatic N) is 3. The molecule has 1 heterocycles. The number of nitrogens with one attached hydrogen (secondary N) is 1. The Hall–Kier alpha value is -2.17. The van der Waals surface area contributed by atoms with E-state index >= 15 is 0 Å². The molecular formula is C17H21N5O3S2. The summed E-state index contributed by atoms with van der Waals surface area (Å²) in [4.78, 5) is 12.2. The van der Waals surface area contributed by atoms with Crippen LogP contribution in [-0.4, -0.2) is 34.8 Å². The molecule has 0 spiro atoms. The number of primary sulfonamides is 1. The molecule has 1 aliphatic rings. The van der Waals surface area contributed by atoms with Gasteiger partial charge in [-0.05, 0) is 30.5 Å². The van der Waals surface area contributed by atoms with E-state index in [9.17, 15) is 13.2 Å². The second kappa shape index (κ2) is 8.24. The lowest BCUT2D eigenvalue weighted by atomic mass is 10.2. The van der Waals surface area contributed by atoms with Gasteiger partial charge in [-0.1, -0.05) is 30.0 Å². The number of nitrogens with two attached hydrogens (primary N) is 1. The summed E-state index contributed by atoms with van der Waals surface area (Å²) < 4.78 is 24.5. The zero-order valence-electron chi connectivity index (χ0n) is 14.7. The van der Waals surface area contributed by atoms with Crippen LogP contribution >= 0.6 is 11.8 Å². The number of benzene rings is 1. The average Bonchev–Trinajstić information content (AvgIpc) is 3.40. The van der Waals surface area contributed by atoms with Crippen molar-refractivity contribution in [2.24, 2.45) is 5.14 Å². The highest BCUT2D eigenvalue weighted by molar-refractivity contribution is 7.99. The Labute approximate surface area is 162 Å². The number of hydrogen-bond donors (Lipinski definition) is 2. The quantitative estimate of drug-likeness (QED) is 0.479. The molecule has 1 aromatic heterocycles. The van der Waals surface area contributed by atoms with Gasteiger partial charge in [-0.2, -0.15) is 0 Å². The zero-order chi connectivity index (χ0) is 19.4. The molecule has 2 aromatic rings. The number of carbonyl (C=O) groups is 1. The molecule has 3 rings (SSSR count). The van der Waals surface area contributed by atoms with Crippen molar-refractivity contribution in [3.05, 3.63) is 48.3 Å². The summed E-state index contributed by atoms with van der Waals surface area (Å²) in [5.74, 6) is 1.51. The van der Waals surface area contributed by atoms with E-state index in [2.05, 4.69) is 22.1 Å². The minimum atomic E-state index is -3.71. The van der Waals surface area contributed by atoms with Crippen molar-refractivity contribution in [2.45, 2.75) is 41.9 Å². The van der Waals surface area contributed by atoms with Crippen molar-refractivity contribution >= 4 is 27.7 Å². The molecule has 10 heteroatoms. The molecule has 0 radical (unpaired) electrons. The van der Waals surface area contributed by atoms with Gasteiger partial charge in [-0.15, -0.1) is 16.8 Å². The van der Waals surface area contributed by atoms with E-state index in [1.54, 1.807) is 18.2 Å². The fraction of sp³-hybridized carbons (Fsp3) is 0.353. The summed E-state index contributed by atoms with van der Waals surface area (Å²) in [6.07, 6.45) is 4.06. The fourth-order valence-electron chi connectivity index (χ4n) is 2.53. The summed E-state index contributed by atoms with van der Waals surface area (Å²) in [7, 11) is -3.71. The Morgan fingerprint density at radius 3 is 2.63 bits per heavy atom. The number of sulfonamides is 1. The van der Waals surface area contributed by atoms with Gasteiger partial charge in [0.25, 0.3) is 0 Å². The van der Waals surface area contributed by atoms with Crippen molar-refractivity contribution < 1.29 is 13.2 Å². The highest BCUT2D eigenvalue weighted by atomic mass is 32.2. The van der Waals surface area contributed by atoms with E-state index in [1.807, 2.05) is 4.57 Å². The standard InChI is InChI=1S/C17H21N5O3S2/c1-2-9-22-16(13-5-6-13)20-21-17(22)26-11-15(23)19-10-12-3-7-14(8-4-12)27(18,24)25/h2-4,7-8,13H,1,5-6,9-11H2,(H,19,23)(H2,18,24,25). The molecule has 0 unspecified atom stereocenters.